The zero-order chi connectivity index (χ0) is 24.8. The van der Waals surface area contributed by atoms with Crippen LogP contribution in [0.1, 0.15) is 78.6 Å². The first-order valence-electron chi connectivity index (χ1n) is 13.5. The number of hydrogen-bond donors (Lipinski definition) is 4. The van der Waals surface area contributed by atoms with Gasteiger partial charge in [-0.05, 0) is 97.7 Å². The molecule has 4 saturated carbocycles. The molecule has 0 aliphatic heterocycles. The van der Waals surface area contributed by atoms with Crippen molar-refractivity contribution in [3.05, 3.63) is 0 Å². The average molecular weight is 479 g/mol. The Morgan fingerprint density at radius 2 is 1.85 bits per heavy atom. The molecule has 4 aliphatic carbocycles. The van der Waals surface area contributed by atoms with Gasteiger partial charge in [-0.1, -0.05) is 20.8 Å². The van der Waals surface area contributed by atoms with E-state index >= 15 is 0 Å². The maximum Gasteiger partial charge on any atom is 0.305 e. The van der Waals surface area contributed by atoms with Crippen molar-refractivity contribution in [1.82, 2.24) is 5.32 Å². The summed E-state index contributed by atoms with van der Waals surface area (Å²) < 4.78 is 4.85. The van der Waals surface area contributed by atoms with Crippen LogP contribution in [-0.2, 0) is 14.3 Å². The Hall–Kier alpha value is -1.18. The van der Waals surface area contributed by atoms with Crippen molar-refractivity contribution in [2.24, 2.45) is 52.1 Å². The molecule has 0 unspecified atom stereocenters. The van der Waals surface area contributed by atoms with E-state index in [0.29, 0.717) is 36.0 Å². The molecule has 0 spiro atoms. The van der Waals surface area contributed by atoms with E-state index in [1.807, 2.05) is 0 Å². The van der Waals surface area contributed by atoms with E-state index in [2.05, 4.69) is 26.1 Å². The standard InChI is InChI=1S/C27H46N2O5/c1-15(5-8-24(33)34-4)18-6-7-19-25-20(13-22(31)27(18,19)3)26(2)10-9-17(29-23(32)14-28)11-16(26)12-21(25)30/h15-22,25,30-31H,5-14,28H2,1-4H3,(H,29,32)/t15-,16+,17+,18-,19+,20+,21-,22+,25+,26+,27-/m1/s1. The van der Waals surface area contributed by atoms with E-state index in [1.165, 1.54) is 7.11 Å². The Bertz CT molecular complexity index is 776. The van der Waals surface area contributed by atoms with Gasteiger partial charge in [0.2, 0.25) is 5.91 Å². The summed E-state index contributed by atoms with van der Waals surface area (Å²) in [6.07, 6.45) is 6.85. The van der Waals surface area contributed by atoms with Gasteiger partial charge in [-0.2, -0.15) is 0 Å². The molecule has 4 fully saturated rings. The van der Waals surface area contributed by atoms with Crippen LogP contribution in [0.2, 0.25) is 0 Å². The predicted molar refractivity (Wildman–Crippen MR) is 129 cm³/mol. The second-order valence-corrected chi connectivity index (χ2v) is 12.4. The van der Waals surface area contributed by atoms with Gasteiger partial charge in [-0.25, -0.2) is 0 Å². The van der Waals surface area contributed by atoms with Crippen LogP contribution in [0.25, 0.3) is 0 Å². The highest BCUT2D eigenvalue weighted by molar-refractivity contribution is 5.78. The lowest BCUT2D eigenvalue weighted by Gasteiger charge is -2.63. The van der Waals surface area contributed by atoms with Crippen LogP contribution in [0.15, 0.2) is 0 Å². The predicted octanol–water partition coefficient (Wildman–Crippen LogP) is 2.62. The summed E-state index contributed by atoms with van der Waals surface area (Å²) in [5.74, 6) is 1.54. The van der Waals surface area contributed by atoms with Gasteiger partial charge in [0.05, 0.1) is 25.9 Å². The number of aliphatic hydroxyl groups excluding tert-OH is 2. The third-order valence-corrected chi connectivity index (χ3v) is 11.1. The summed E-state index contributed by atoms with van der Waals surface area (Å²) in [6, 6.07) is 0.128. The van der Waals surface area contributed by atoms with Crippen LogP contribution in [0, 0.1) is 46.3 Å². The highest BCUT2D eigenvalue weighted by Gasteiger charge is 2.65. The Balaban J connectivity index is 1.53. The number of esters is 1. The number of carbonyl (C=O) groups is 2. The van der Waals surface area contributed by atoms with Crippen molar-refractivity contribution in [3.63, 3.8) is 0 Å². The molecule has 7 heteroatoms. The summed E-state index contributed by atoms with van der Waals surface area (Å²) >= 11 is 0. The molecule has 0 aromatic heterocycles. The number of methoxy groups -OCH3 is 1. The van der Waals surface area contributed by atoms with Crippen LogP contribution in [0.3, 0.4) is 0 Å². The molecule has 1 amide bonds. The molecule has 0 radical (unpaired) electrons. The summed E-state index contributed by atoms with van der Waals surface area (Å²) in [5, 5.41) is 26.2. The largest absolute Gasteiger partial charge is 0.469 e. The van der Waals surface area contributed by atoms with Gasteiger partial charge >= 0.3 is 5.97 Å². The lowest BCUT2D eigenvalue weighted by atomic mass is 9.43. The first-order chi connectivity index (χ1) is 16.1. The number of rotatable bonds is 6. The number of carbonyl (C=O) groups excluding carboxylic acids is 2. The van der Waals surface area contributed by atoms with Gasteiger partial charge in [-0.15, -0.1) is 0 Å². The van der Waals surface area contributed by atoms with Gasteiger partial charge in [0, 0.05) is 12.5 Å². The van der Waals surface area contributed by atoms with E-state index < -0.39 is 6.10 Å². The van der Waals surface area contributed by atoms with E-state index in [4.69, 9.17) is 10.5 Å². The summed E-state index contributed by atoms with van der Waals surface area (Å²) in [4.78, 5) is 23.6. The SMILES string of the molecule is COC(=O)CC[C@@H](C)[C@H]1CC[C@H]2[C@@H]3[C@H](O)C[C@@H]4C[C@@H](NC(=O)CN)CC[C@]4(C)[C@H]3C[C@H](O)[C@]12C. The first-order valence-corrected chi connectivity index (χ1v) is 13.5. The zero-order valence-corrected chi connectivity index (χ0v) is 21.5. The lowest BCUT2D eigenvalue weighted by Crippen LogP contribution is -2.63. The average Bonchev–Trinajstić information content (AvgIpc) is 3.17. The summed E-state index contributed by atoms with van der Waals surface area (Å²) in [5.41, 5.74) is 5.35. The fourth-order valence-electron chi connectivity index (χ4n) is 9.22. The smallest absolute Gasteiger partial charge is 0.305 e. The molecular formula is C27H46N2O5. The monoisotopic (exact) mass is 478 g/mol. The number of nitrogens with one attached hydrogen (secondary N) is 1. The number of amides is 1. The van der Waals surface area contributed by atoms with E-state index in [9.17, 15) is 19.8 Å². The Morgan fingerprint density at radius 1 is 1.12 bits per heavy atom. The topological polar surface area (TPSA) is 122 Å². The van der Waals surface area contributed by atoms with Crippen molar-refractivity contribution in [2.75, 3.05) is 13.7 Å². The highest BCUT2D eigenvalue weighted by atomic mass is 16.5. The molecule has 4 rings (SSSR count). The van der Waals surface area contributed by atoms with E-state index in [-0.39, 0.29) is 47.3 Å². The number of fused-ring (bicyclic) bond motifs is 5. The Labute approximate surface area is 204 Å². The molecular weight excluding hydrogens is 432 g/mol. The second kappa shape index (κ2) is 9.70. The number of aliphatic hydroxyl groups is 2. The molecule has 194 valence electrons. The quantitative estimate of drug-likeness (QED) is 0.436. The molecule has 0 aromatic carbocycles. The molecule has 34 heavy (non-hydrogen) atoms. The maximum atomic E-state index is 11.9. The third kappa shape index (κ3) is 4.20. The minimum Gasteiger partial charge on any atom is -0.469 e. The van der Waals surface area contributed by atoms with Gasteiger partial charge in [0.1, 0.15) is 0 Å². The fourth-order valence-corrected chi connectivity index (χ4v) is 9.22. The van der Waals surface area contributed by atoms with Crippen molar-refractivity contribution in [3.8, 4) is 0 Å². The number of nitrogens with two attached hydrogens (primary N) is 1. The third-order valence-electron chi connectivity index (χ3n) is 11.1. The molecule has 4 aliphatic rings. The number of hydrogen-bond acceptors (Lipinski definition) is 6. The number of ether oxygens (including phenoxy) is 1. The van der Waals surface area contributed by atoms with Crippen molar-refractivity contribution >= 4 is 11.9 Å². The Morgan fingerprint density at radius 3 is 2.53 bits per heavy atom. The van der Waals surface area contributed by atoms with Crippen molar-refractivity contribution < 1.29 is 24.5 Å². The normalized spacial score (nSPS) is 46.6. The van der Waals surface area contributed by atoms with Crippen molar-refractivity contribution in [2.45, 2.75) is 96.8 Å². The minimum atomic E-state index is -0.399. The molecule has 7 nitrogen and oxygen atoms in total. The lowest BCUT2D eigenvalue weighted by molar-refractivity contribution is -0.202. The van der Waals surface area contributed by atoms with Gasteiger partial charge < -0.3 is 26.0 Å². The highest BCUT2D eigenvalue weighted by Crippen LogP contribution is 2.68. The minimum absolute atomic E-state index is 0.0113. The molecule has 0 heterocycles. The molecule has 0 aromatic rings. The van der Waals surface area contributed by atoms with E-state index in [1.54, 1.807) is 0 Å². The summed E-state index contributed by atoms with van der Waals surface area (Å²) in [6.45, 7) is 6.86. The van der Waals surface area contributed by atoms with Crippen molar-refractivity contribution in [1.29, 1.82) is 0 Å². The molecule has 5 N–H and O–H groups in total. The van der Waals surface area contributed by atoms with Crippen LogP contribution < -0.4 is 11.1 Å². The fraction of sp³-hybridized carbons (Fsp3) is 0.926. The molecule has 0 bridgehead atoms. The van der Waals surface area contributed by atoms with Crippen LogP contribution in [-0.4, -0.2) is 54.0 Å². The van der Waals surface area contributed by atoms with Gasteiger partial charge in [0.25, 0.3) is 0 Å². The van der Waals surface area contributed by atoms with Crippen LogP contribution >= 0.6 is 0 Å². The van der Waals surface area contributed by atoms with Crippen LogP contribution in [0.5, 0.6) is 0 Å². The second-order valence-electron chi connectivity index (χ2n) is 12.4. The zero-order valence-electron chi connectivity index (χ0n) is 21.5. The van der Waals surface area contributed by atoms with Gasteiger partial charge in [0.15, 0.2) is 0 Å². The maximum absolute atomic E-state index is 11.9. The Kier molecular flexibility index (Phi) is 7.39. The van der Waals surface area contributed by atoms with Crippen LogP contribution in [0.4, 0.5) is 0 Å². The van der Waals surface area contributed by atoms with Gasteiger partial charge in [-0.3, -0.25) is 9.59 Å². The molecule has 11 atom stereocenters. The summed E-state index contributed by atoms with van der Waals surface area (Å²) in [7, 11) is 1.43. The molecule has 0 saturated heterocycles. The first kappa shape index (κ1) is 25.9. The van der Waals surface area contributed by atoms with E-state index in [0.717, 1.165) is 51.4 Å².